The van der Waals surface area contributed by atoms with Gasteiger partial charge in [-0.15, -0.1) is 0 Å². The van der Waals surface area contributed by atoms with Gasteiger partial charge in [0.1, 0.15) is 11.6 Å². The average Bonchev–Trinajstić information content (AvgIpc) is 3.01. The van der Waals surface area contributed by atoms with Crippen LogP contribution >= 0.6 is 15.9 Å². The molecule has 1 aromatic carbocycles. The van der Waals surface area contributed by atoms with Gasteiger partial charge in [0.25, 0.3) is 0 Å². The van der Waals surface area contributed by atoms with Gasteiger partial charge in [0.15, 0.2) is 0 Å². The summed E-state index contributed by atoms with van der Waals surface area (Å²) in [6.45, 7) is 0. The molecule has 0 bridgehead atoms. The van der Waals surface area contributed by atoms with Crippen molar-refractivity contribution in [3.8, 4) is 5.75 Å². The van der Waals surface area contributed by atoms with Crippen LogP contribution in [0.25, 0.3) is 0 Å². The summed E-state index contributed by atoms with van der Waals surface area (Å²) in [6.07, 6.45) is 2.33. The fourth-order valence-corrected chi connectivity index (χ4v) is 1.84. The maximum absolute atomic E-state index is 5.88. The smallest absolute Gasteiger partial charge is 0.133 e. The van der Waals surface area contributed by atoms with Crippen molar-refractivity contribution >= 4 is 21.8 Å². The maximum atomic E-state index is 5.88. The molecule has 15 heavy (non-hydrogen) atoms. The first-order chi connectivity index (χ1) is 7.20. The molecular weight excluding hydrogens is 256 g/mol. The van der Waals surface area contributed by atoms with Gasteiger partial charge in [-0.05, 0) is 47.0 Å². The average molecular weight is 269 g/mol. The molecular formula is C11H13BrN2O. The molecule has 1 aliphatic carbocycles. The predicted octanol–water partition coefficient (Wildman–Crippen LogP) is 2.33. The number of halogens is 1. The number of benzene rings is 1. The van der Waals surface area contributed by atoms with Crippen LogP contribution in [0.1, 0.15) is 18.4 Å². The molecule has 0 aliphatic heterocycles. The number of aliphatic imine (C=N–C) groups is 1. The minimum Gasteiger partial charge on any atom is -0.496 e. The summed E-state index contributed by atoms with van der Waals surface area (Å²) >= 11 is 3.42. The van der Waals surface area contributed by atoms with Gasteiger partial charge in [-0.25, -0.2) is 0 Å². The molecule has 2 rings (SSSR count). The molecule has 4 heteroatoms. The van der Waals surface area contributed by atoms with Gasteiger partial charge >= 0.3 is 0 Å². The van der Waals surface area contributed by atoms with E-state index in [0.29, 0.717) is 11.9 Å². The van der Waals surface area contributed by atoms with Crippen molar-refractivity contribution < 1.29 is 4.74 Å². The van der Waals surface area contributed by atoms with Gasteiger partial charge in [-0.1, -0.05) is 0 Å². The van der Waals surface area contributed by atoms with E-state index in [2.05, 4.69) is 20.9 Å². The summed E-state index contributed by atoms with van der Waals surface area (Å²) in [7, 11) is 1.64. The van der Waals surface area contributed by atoms with E-state index in [1.54, 1.807) is 7.11 Å². The molecule has 1 fully saturated rings. The molecule has 0 aromatic heterocycles. The molecule has 0 spiro atoms. The highest BCUT2D eigenvalue weighted by Gasteiger charge is 2.20. The number of methoxy groups -OCH3 is 1. The predicted molar refractivity (Wildman–Crippen MR) is 64.4 cm³/mol. The molecule has 0 saturated heterocycles. The van der Waals surface area contributed by atoms with Crippen molar-refractivity contribution in [1.29, 1.82) is 0 Å². The van der Waals surface area contributed by atoms with Crippen molar-refractivity contribution in [2.75, 3.05) is 7.11 Å². The van der Waals surface area contributed by atoms with Gasteiger partial charge < -0.3 is 10.5 Å². The maximum Gasteiger partial charge on any atom is 0.133 e. The summed E-state index contributed by atoms with van der Waals surface area (Å²) in [5.74, 6) is 1.42. The lowest BCUT2D eigenvalue weighted by molar-refractivity contribution is 0.412. The van der Waals surface area contributed by atoms with Crippen LogP contribution in [0.15, 0.2) is 27.7 Å². The number of amidine groups is 1. The monoisotopic (exact) mass is 268 g/mol. The Balaban J connectivity index is 2.24. The first-order valence-corrected chi connectivity index (χ1v) is 5.67. The van der Waals surface area contributed by atoms with Gasteiger partial charge in [0, 0.05) is 5.56 Å². The van der Waals surface area contributed by atoms with Gasteiger partial charge in [-0.3, -0.25) is 4.99 Å². The van der Waals surface area contributed by atoms with Crippen molar-refractivity contribution in [1.82, 2.24) is 0 Å². The molecule has 1 aliphatic rings. The summed E-state index contributed by atoms with van der Waals surface area (Å²) in [5.41, 5.74) is 6.82. The Morgan fingerprint density at radius 2 is 2.27 bits per heavy atom. The van der Waals surface area contributed by atoms with E-state index in [-0.39, 0.29) is 0 Å². The second-order valence-electron chi connectivity index (χ2n) is 3.59. The van der Waals surface area contributed by atoms with Crippen molar-refractivity contribution in [2.45, 2.75) is 18.9 Å². The number of rotatable bonds is 3. The van der Waals surface area contributed by atoms with Crippen molar-refractivity contribution in [3.63, 3.8) is 0 Å². The summed E-state index contributed by atoms with van der Waals surface area (Å²) in [5, 5.41) is 0. The lowest BCUT2D eigenvalue weighted by Crippen LogP contribution is -2.14. The lowest BCUT2D eigenvalue weighted by Gasteiger charge is -2.05. The van der Waals surface area contributed by atoms with Crippen LogP contribution in [-0.2, 0) is 0 Å². The Hall–Kier alpha value is -1.03. The Morgan fingerprint density at radius 3 is 2.80 bits per heavy atom. The topological polar surface area (TPSA) is 47.6 Å². The molecule has 2 N–H and O–H groups in total. The number of hydrogen-bond donors (Lipinski definition) is 1. The third-order valence-corrected chi connectivity index (χ3v) is 2.94. The zero-order valence-corrected chi connectivity index (χ0v) is 10.1. The fraction of sp³-hybridized carbons (Fsp3) is 0.364. The quantitative estimate of drug-likeness (QED) is 0.676. The van der Waals surface area contributed by atoms with Crippen LogP contribution in [0.2, 0.25) is 0 Å². The minimum atomic E-state index is 0.450. The molecule has 0 amide bonds. The first kappa shape index (κ1) is 10.5. The van der Waals surface area contributed by atoms with Crippen LogP contribution in [0.3, 0.4) is 0 Å². The highest BCUT2D eigenvalue weighted by molar-refractivity contribution is 9.10. The molecule has 1 saturated carbocycles. The van der Waals surface area contributed by atoms with E-state index in [0.717, 1.165) is 28.6 Å². The molecule has 1 aromatic rings. The van der Waals surface area contributed by atoms with Crippen LogP contribution in [0.5, 0.6) is 5.75 Å². The molecule has 0 unspecified atom stereocenters. The first-order valence-electron chi connectivity index (χ1n) is 4.88. The van der Waals surface area contributed by atoms with E-state index < -0.39 is 0 Å². The Bertz CT molecular complexity index is 400. The number of nitrogens with zero attached hydrogens (tertiary/aromatic N) is 1. The van der Waals surface area contributed by atoms with E-state index in [4.69, 9.17) is 10.5 Å². The highest BCUT2D eigenvalue weighted by atomic mass is 79.9. The molecule has 80 valence electrons. The van der Waals surface area contributed by atoms with Crippen LogP contribution in [-0.4, -0.2) is 19.0 Å². The number of ether oxygens (including phenoxy) is 1. The molecule has 0 heterocycles. The SMILES string of the molecule is COc1ccc(C(N)=NC2CC2)cc1Br. The highest BCUT2D eigenvalue weighted by Crippen LogP contribution is 2.27. The van der Waals surface area contributed by atoms with E-state index in [9.17, 15) is 0 Å². The summed E-state index contributed by atoms with van der Waals surface area (Å²) in [4.78, 5) is 4.39. The molecule has 0 radical (unpaired) electrons. The largest absolute Gasteiger partial charge is 0.496 e. The van der Waals surface area contributed by atoms with Gasteiger partial charge in [0.05, 0.1) is 17.6 Å². The Labute approximate surface area is 97.5 Å². The number of hydrogen-bond acceptors (Lipinski definition) is 2. The van der Waals surface area contributed by atoms with Gasteiger partial charge in [0.2, 0.25) is 0 Å². The summed E-state index contributed by atoms with van der Waals surface area (Å²) in [6, 6.07) is 6.19. The fourth-order valence-electron chi connectivity index (χ4n) is 1.30. The minimum absolute atomic E-state index is 0.450. The number of nitrogens with two attached hydrogens (primary N) is 1. The zero-order valence-electron chi connectivity index (χ0n) is 8.53. The van der Waals surface area contributed by atoms with Crippen LogP contribution in [0, 0.1) is 0 Å². The molecule has 0 atom stereocenters. The molecule has 3 nitrogen and oxygen atoms in total. The van der Waals surface area contributed by atoms with E-state index in [1.165, 1.54) is 0 Å². The zero-order chi connectivity index (χ0) is 10.8. The Kier molecular flexibility index (Phi) is 2.95. The Morgan fingerprint density at radius 1 is 1.53 bits per heavy atom. The second kappa shape index (κ2) is 4.23. The van der Waals surface area contributed by atoms with Crippen molar-refractivity contribution in [3.05, 3.63) is 28.2 Å². The van der Waals surface area contributed by atoms with E-state index in [1.807, 2.05) is 18.2 Å². The lowest BCUT2D eigenvalue weighted by atomic mass is 10.2. The normalized spacial score (nSPS) is 16.5. The standard InChI is InChI=1S/C11H13BrN2O/c1-15-10-5-2-7(6-9(10)12)11(13)14-8-3-4-8/h2,5-6,8H,3-4H2,1H3,(H2,13,14). The van der Waals surface area contributed by atoms with E-state index >= 15 is 0 Å². The van der Waals surface area contributed by atoms with Crippen LogP contribution < -0.4 is 10.5 Å². The van der Waals surface area contributed by atoms with Crippen LogP contribution in [0.4, 0.5) is 0 Å². The third-order valence-electron chi connectivity index (χ3n) is 2.32. The van der Waals surface area contributed by atoms with Gasteiger partial charge in [-0.2, -0.15) is 0 Å². The second-order valence-corrected chi connectivity index (χ2v) is 4.45. The third kappa shape index (κ3) is 2.50. The summed E-state index contributed by atoms with van der Waals surface area (Å²) < 4.78 is 6.05. The van der Waals surface area contributed by atoms with Crippen molar-refractivity contribution in [2.24, 2.45) is 10.7 Å².